The van der Waals surface area contributed by atoms with Crippen molar-refractivity contribution in [2.24, 2.45) is 11.1 Å². The number of nitrogens with two attached hydrogens (primary N) is 1. The van der Waals surface area contributed by atoms with Crippen molar-refractivity contribution < 1.29 is 14.3 Å². The van der Waals surface area contributed by atoms with E-state index >= 15 is 0 Å². The van der Waals surface area contributed by atoms with Crippen molar-refractivity contribution in [1.82, 2.24) is 10.6 Å². The van der Waals surface area contributed by atoms with Gasteiger partial charge in [-0.25, -0.2) is 0 Å². The fourth-order valence-electron chi connectivity index (χ4n) is 2.82. The quantitative estimate of drug-likeness (QED) is 0.710. The smallest absolute Gasteiger partial charge is 0.248 e. The van der Waals surface area contributed by atoms with Gasteiger partial charge in [-0.15, -0.1) is 0 Å². The fraction of sp³-hybridized carbons (Fsp3) is 0.500. The summed E-state index contributed by atoms with van der Waals surface area (Å²) < 4.78 is 5.26. The van der Waals surface area contributed by atoms with Gasteiger partial charge in [0, 0.05) is 19.2 Å². The highest BCUT2D eigenvalue weighted by atomic mass is 16.5. The first kappa shape index (κ1) is 16.5. The number of hydrogen-bond acceptors (Lipinski definition) is 4. The van der Waals surface area contributed by atoms with E-state index in [1.165, 1.54) is 0 Å². The van der Waals surface area contributed by atoms with Crippen molar-refractivity contribution >= 4 is 11.8 Å². The molecule has 0 aliphatic carbocycles. The predicted octanol–water partition coefficient (Wildman–Crippen LogP) is 0.418. The maximum atomic E-state index is 12.6. The predicted molar refractivity (Wildman–Crippen MR) is 83.2 cm³/mol. The standard InChI is InChI=1S/C16H23N3O3/c1-22-11-16(5-7-18-8-6-16)15(21)19-10-12-3-2-4-13(9-12)14(17)20/h2-4,9,18H,5-8,10-11H2,1H3,(H2,17,20)(H,19,21). The molecule has 0 saturated carbocycles. The third-order valence-corrected chi connectivity index (χ3v) is 4.13. The number of hydrogen-bond donors (Lipinski definition) is 3. The first-order chi connectivity index (χ1) is 10.6. The van der Waals surface area contributed by atoms with Crippen LogP contribution >= 0.6 is 0 Å². The van der Waals surface area contributed by atoms with Gasteiger partial charge in [-0.05, 0) is 43.6 Å². The van der Waals surface area contributed by atoms with E-state index in [1.807, 2.05) is 6.07 Å². The van der Waals surface area contributed by atoms with Crippen molar-refractivity contribution in [2.75, 3.05) is 26.8 Å². The van der Waals surface area contributed by atoms with Crippen LogP contribution in [0.4, 0.5) is 0 Å². The van der Waals surface area contributed by atoms with E-state index in [0.717, 1.165) is 31.5 Å². The molecule has 1 aromatic rings. The molecule has 4 N–H and O–H groups in total. The van der Waals surface area contributed by atoms with Gasteiger partial charge in [0.15, 0.2) is 0 Å². The minimum Gasteiger partial charge on any atom is -0.384 e. The van der Waals surface area contributed by atoms with Crippen molar-refractivity contribution in [2.45, 2.75) is 19.4 Å². The molecule has 0 bridgehead atoms. The second kappa shape index (κ2) is 7.38. The summed E-state index contributed by atoms with van der Waals surface area (Å²) >= 11 is 0. The van der Waals surface area contributed by atoms with Crippen molar-refractivity contribution in [3.05, 3.63) is 35.4 Å². The van der Waals surface area contributed by atoms with E-state index < -0.39 is 11.3 Å². The van der Waals surface area contributed by atoms with E-state index in [0.29, 0.717) is 18.7 Å². The van der Waals surface area contributed by atoms with Crippen LogP contribution in [0.25, 0.3) is 0 Å². The van der Waals surface area contributed by atoms with Gasteiger partial charge >= 0.3 is 0 Å². The molecular formula is C16H23N3O3. The maximum Gasteiger partial charge on any atom is 0.248 e. The Balaban J connectivity index is 2.01. The van der Waals surface area contributed by atoms with Crippen LogP contribution in [0.2, 0.25) is 0 Å². The Morgan fingerprint density at radius 3 is 2.73 bits per heavy atom. The Labute approximate surface area is 130 Å². The van der Waals surface area contributed by atoms with Crippen molar-refractivity contribution in [3.8, 4) is 0 Å². The van der Waals surface area contributed by atoms with Crippen molar-refractivity contribution in [1.29, 1.82) is 0 Å². The van der Waals surface area contributed by atoms with Crippen LogP contribution in [0.3, 0.4) is 0 Å². The highest BCUT2D eigenvalue weighted by Crippen LogP contribution is 2.29. The maximum absolute atomic E-state index is 12.6. The normalized spacial score (nSPS) is 17.0. The number of primary amides is 1. The molecule has 1 aromatic carbocycles. The molecule has 6 heteroatoms. The Morgan fingerprint density at radius 2 is 2.09 bits per heavy atom. The Hall–Kier alpha value is -1.92. The van der Waals surface area contributed by atoms with Crippen molar-refractivity contribution in [3.63, 3.8) is 0 Å². The summed E-state index contributed by atoms with van der Waals surface area (Å²) in [5, 5.41) is 6.22. The summed E-state index contributed by atoms with van der Waals surface area (Å²) in [5.74, 6) is -0.470. The molecular weight excluding hydrogens is 282 g/mol. The average Bonchev–Trinajstić information content (AvgIpc) is 2.54. The topological polar surface area (TPSA) is 93.4 Å². The van der Waals surface area contributed by atoms with Crippen LogP contribution in [0.15, 0.2) is 24.3 Å². The third-order valence-electron chi connectivity index (χ3n) is 4.13. The van der Waals surface area contributed by atoms with Crippen LogP contribution in [0.1, 0.15) is 28.8 Å². The molecule has 0 radical (unpaired) electrons. The zero-order valence-electron chi connectivity index (χ0n) is 12.9. The lowest BCUT2D eigenvalue weighted by Gasteiger charge is -2.35. The minimum atomic E-state index is -0.471. The SMILES string of the molecule is COCC1(C(=O)NCc2cccc(C(N)=O)c2)CCNCC1. The monoisotopic (exact) mass is 305 g/mol. The Bertz CT molecular complexity index is 534. The van der Waals surface area contributed by atoms with E-state index in [1.54, 1.807) is 25.3 Å². The van der Waals surface area contributed by atoms with Gasteiger partial charge < -0.3 is 21.1 Å². The number of piperidine rings is 1. The zero-order chi connectivity index (χ0) is 16.0. The number of carbonyl (C=O) groups is 2. The van der Waals surface area contributed by atoms with Crippen LogP contribution in [0.5, 0.6) is 0 Å². The van der Waals surface area contributed by atoms with Gasteiger partial charge in [0.05, 0.1) is 12.0 Å². The second-order valence-electron chi connectivity index (χ2n) is 5.71. The van der Waals surface area contributed by atoms with Gasteiger partial charge in [0.25, 0.3) is 0 Å². The Kier molecular flexibility index (Phi) is 5.51. The van der Waals surface area contributed by atoms with Gasteiger partial charge in [0.1, 0.15) is 0 Å². The first-order valence-electron chi connectivity index (χ1n) is 7.44. The lowest BCUT2D eigenvalue weighted by atomic mass is 9.78. The molecule has 2 amide bonds. The fourth-order valence-corrected chi connectivity index (χ4v) is 2.82. The molecule has 0 atom stereocenters. The lowest BCUT2D eigenvalue weighted by molar-refractivity contribution is -0.136. The number of methoxy groups -OCH3 is 1. The third kappa shape index (κ3) is 3.84. The van der Waals surface area contributed by atoms with Crippen LogP contribution in [-0.4, -0.2) is 38.6 Å². The second-order valence-corrected chi connectivity index (χ2v) is 5.71. The lowest BCUT2D eigenvalue weighted by Crippen LogP contribution is -2.49. The van der Waals surface area contributed by atoms with Gasteiger partial charge in [-0.3, -0.25) is 9.59 Å². The minimum absolute atomic E-state index is 0.000304. The number of amides is 2. The summed E-state index contributed by atoms with van der Waals surface area (Å²) in [6, 6.07) is 6.98. The molecule has 0 aromatic heterocycles. The molecule has 1 aliphatic heterocycles. The molecule has 120 valence electrons. The summed E-state index contributed by atoms with van der Waals surface area (Å²) in [4.78, 5) is 23.8. The summed E-state index contributed by atoms with van der Waals surface area (Å²) in [6.07, 6.45) is 1.52. The molecule has 0 unspecified atom stereocenters. The molecule has 6 nitrogen and oxygen atoms in total. The molecule has 1 aliphatic rings. The van der Waals surface area contributed by atoms with Gasteiger partial charge in [-0.2, -0.15) is 0 Å². The molecule has 1 heterocycles. The van der Waals surface area contributed by atoms with E-state index in [9.17, 15) is 9.59 Å². The van der Waals surface area contributed by atoms with Gasteiger partial charge in [0.2, 0.25) is 11.8 Å². The number of rotatable bonds is 6. The molecule has 0 spiro atoms. The molecule has 1 fully saturated rings. The molecule has 22 heavy (non-hydrogen) atoms. The van der Waals surface area contributed by atoms with Gasteiger partial charge in [-0.1, -0.05) is 12.1 Å². The first-order valence-corrected chi connectivity index (χ1v) is 7.44. The number of carbonyl (C=O) groups excluding carboxylic acids is 2. The van der Waals surface area contributed by atoms with Crippen LogP contribution in [0, 0.1) is 5.41 Å². The Morgan fingerprint density at radius 1 is 1.36 bits per heavy atom. The number of benzene rings is 1. The summed E-state index contributed by atoms with van der Waals surface area (Å²) in [6.45, 7) is 2.42. The zero-order valence-corrected chi connectivity index (χ0v) is 12.9. The van der Waals surface area contributed by atoms with E-state index in [-0.39, 0.29) is 5.91 Å². The average molecular weight is 305 g/mol. The largest absolute Gasteiger partial charge is 0.384 e. The van der Waals surface area contributed by atoms with Crippen LogP contribution < -0.4 is 16.4 Å². The van der Waals surface area contributed by atoms with E-state index in [4.69, 9.17) is 10.5 Å². The summed E-state index contributed by atoms with van der Waals surface area (Å²) in [5.41, 5.74) is 6.09. The highest BCUT2D eigenvalue weighted by molar-refractivity contribution is 5.92. The molecule has 2 rings (SSSR count). The number of ether oxygens (including phenoxy) is 1. The summed E-state index contributed by atoms with van der Waals surface area (Å²) in [7, 11) is 1.62. The van der Waals surface area contributed by atoms with Crippen LogP contribution in [-0.2, 0) is 16.1 Å². The number of nitrogens with one attached hydrogen (secondary N) is 2. The van der Waals surface area contributed by atoms with E-state index in [2.05, 4.69) is 10.6 Å². The highest BCUT2D eigenvalue weighted by Gasteiger charge is 2.39. The molecule has 1 saturated heterocycles.